The number of aromatic amines is 1. The van der Waals surface area contributed by atoms with Crippen molar-refractivity contribution < 1.29 is 9.53 Å². The Morgan fingerprint density at radius 1 is 1.35 bits per heavy atom. The van der Waals surface area contributed by atoms with Crippen molar-refractivity contribution in [3.05, 3.63) is 50.9 Å². The average Bonchev–Trinajstić information content (AvgIpc) is 2.90. The van der Waals surface area contributed by atoms with Crippen LogP contribution < -0.4 is 15.6 Å². The Balaban J connectivity index is 1.62. The van der Waals surface area contributed by atoms with E-state index in [9.17, 15) is 9.59 Å². The molecule has 26 heavy (non-hydrogen) atoms. The van der Waals surface area contributed by atoms with Crippen LogP contribution in [0.4, 0.5) is 5.69 Å². The van der Waals surface area contributed by atoms with Gasteiger partial charge in [-0.3, -0.25) is 9.59 Å². The van der Waals surface area contributed by atoms with Gasteiger partial charge in [-0.15, -0.1) is 23.1 Å². The number of para-hydroxylation sites is 2. The summed E-state index contributed by atoms with van der Waals surface area (Å²) in [5.41, 5.74) is 1.50. The summed E-state index contributed by atoms with van der Waals surface area (Å²) in [5, 5.41) is 3.49. The van der Waals surface area contributed by atoms with Gasteiger partial charge in [-0.25, -0.2) is 4.98 Å². The summed E-state index contributed by atoms with van der Waals surface area (Å²) >= 11 is 2.91. The SMILES string of the molecule is COc1ccccc1NC(=O)CSCc1nc2sc(C)c(C)c2c(=O)[nH]1. The number of hydrogen-bond acceptors (Lipinski definition) is 6. The summed E-state index contributed by atoms with van der Waals surface area (Å²) in [6.45, 7) is 3.92. The largest absolute Gasteiger partial charge is 0.495 e. The number of methoxy groups -OCH3 is 1. The van der Waals surface area contributed by atoms with E-state index in [2.05, 4.69) is 15.3 Å². The molecule has 0 aliphatic carbocycles. The second-order valence-corrected chi connectivity index (χ2v) is 7.91. The Kier molecular flexibility index (Phi) is 5.63. The number of aromatic nitrogens is 2. The Bertz CT molecular complexity index is 1010. The summed E-state index contributed by atoms with van der Waals surface area (Å²) in [6.07, 6.45) is 0. The van der Waals surface area contributed by atoms with Gasteiger partial charge in [-0.05, 0) is 31.5 Å². The quantitative estimate of drug-likeness (QED) is 0.674. The molecule has 8 heteroatoms. The van der Waals surface area contributed by atoms with Gasteiger partial charge in [0, 0.05) is 4.88 Å². The van der Waals surface area contributed by atoms with Gasteiger partial charge >= 0.3 is 0 Å². The molecule has 1 aromatic carbocycles. The van der Waals surface area contributed by atoms with Crippen molar-refractivity contribution in [2.75, 3.05) is 18.2 Å². The highest BCUT2D eigenvalue weighted by Crippen LogP contribution is 2.26. The smallest absolute Gasteiger partial charge is 0.259 e. The number of benzene rings is 1. The molecule has 1 amide bonds. The summed E-state index contributed by atoms with van der Waals surface area (Å²) in [5.74, 6) is 1.78. The maximum atomic E-state index is 12.3. The number of anilines is 1. The molecule has 2 heterocycles. The average molecular weight is 390 g/mol. The molecule has 0 bridgehead atoms. The molecule has 3 aromatic rings. The van der Waals surface area contributed by atoms with Crippen LogP contribution in [0.3, 0.4) is 0 Å². The highest BCUT2D eigenvalue weighted by Gasteiger charge is 2.12. The second kappa shape index (κ2) is 7.92. The minimum absolute atomic E-state index is 0.120. The first kappa shape index (κ1) is 18.5. The van der Waals surface area contributed by atoms with Crippen LogP contribution in [0.2, 0.25) is 0 Å². The van der Waals surface area contributed by atoms with E-state index in [0.29, 0.717) is 28.4 Å². The van der Waals surface area contributed by atoms with Gasteiger partial charge in [0.05, 0.1) is 29.7 Å². The van der Waals surface area contributed by atoms with Crippen molar-refractivity contribution in [1.29, 1.82) is 0 Å². The Morgan fingerprint density at radius 3 is 2.88 bits per heavy atom. The van der Waals surface area contributed by atoms with E-state index in [1.54, 1.807) is 19.2 Å². The Labute approximate surface area is 159 Å². The number of carbonyl (C=O) groups is 1. The molecule has 0 fully saturated rings. The molecule has 0 atom stereocenters. The van der Waals surface area contributed by atoms with Gasteiger partial charge in [0.2, 0.25) is 5.91 Å². The lowest BCUT2D eigenvalue weighted by Crippen LogP contribution is -2.15. The molecule has 2 aromatic heterocycles. The molecule has 0 saturated carbocycles. The minimum atomic E-state index is -0.134. The first-order valence-electron chi connectivity index (χ1n) is 7.99. The number of H-pyrrole nitrogens is 1. The monoisotopic (exact) mass is 389 g/mol. The lowest BCUT2D eigenvalue weighted by molar-refractivity contribution is -0.113. The number of rotatable bonds is 6. The van der Waals surface area contributed by atoms with Crippen molar-refractivity contribution in [3.63, 3.8) is 0 Å². The van der Waals surface area contributed by atoms with E-state index in [1.807, 2.05) is 26.0 Å². The van der Waals surface area contributed by atoms with E-state index >= 15 is 0 Å². The minimum Gasteiger partial charge on any atom is -0.495 e. The number of thioether (sulfide) groups is 1. The Morgan fingerprint density at radius 2 is 2.12 bits per heavy atom. The maximum absolute atomic E-state index is 12.3. The third-order valence-electron chi connectivity index (χ3n) is 3.94. The van der Waals surface area contributed by atoms with Crippen LogP contribution >= 0.6 is 23.1 Å². The van der Waals surface area contributed by atoms with E-state index < -0.39 is 0 Å². The molecule has 0 aliphatic rings. The molecule has 0 radical (unpaired) electrons. The maximum Gasteiger partial charge on any atom is 0.259 e. The topological polar surface area (TPSA) is 84.1 Å². The van der Waals surface area contributed by atoms with Gasteiger partial charge in [-0.2, -0.15) is 0 Å². The van der Waals surface area contributed by atoms with Crippen LogP contribution in [-0.4, -0.2) is 28.7 Å². The van der Waals surface area contributed by atoms with Gasteiger partial charge in [-0.1, -0.05) is 12.1 Å². The molecular weight excluding hydrogens is 370 g/mol. The van der Waals surface area contributed by atoms with Crippen molar-refractivity contribution >= 4 is 44.9 Å². The summed E-state index contributed by atoms with van der Waals surface area (Å²) in [4.78, 5) is 33.5. The van der Waals surface area contributed by atoms with Crippen LogP contribution in [0.5, 0.6) is 5.75 Å². The highest BCUT2D eigenvalue weighted by molar-refractivity contribution is 7.99. The summed E-state index contributed by atoms with van der Waals surface area (Å²) in [6, 6.07) is 7.25. The molecular formula is C18H19N3O3S2. The zero-order valence-corrected chi connectivity index (χ0v) is 16.3. The number of aryl methyl sites for hydroxylation is 2. The van der Waals surface area contributed by atoms with Gasteiger partial charge in [0.15, 0.2) is 0 Å². The van der Waals surface area contributed by atoms with Crippen molar-refractivity contribution in [2.45, 2.75) is 19.6 Å². The summed E-state index contributed by atoms with van der Waals surface area (Å²) < 4.78 is 5.22. The summed E-state index contributed by atoms with van der Waals surface area (Å²) in [7, 11) is 1.56. The number of amides is 1. The van der Waals surface area contributed by atoms with Crippen molar-refractivity contribution in [1.82, 2.24) is 9.97 Å². The number of ether oxygens (including phenoxy) is 1. The molecule has 0 saturated heterocycles. The van der Waals surface area contributed by atoms with Gasteiger partial charge < -0.3 is 15.0 Å². The first-order chi connectivity index (χ1) is 12.5. The molecule has 6 nitrogen and oxygen atoms in total. The number of fused-ring (bicyclic) bond motifs is 1. The number of nitrogens with zero attached hydrogens (tertiary/aromatic N) is 1. The standard InChI is InChI=1S/C18H19N3O3S2/c1-10-11(2)26-18-16(10)17(23)20-14(21-18)8-25-9-15(22)19-12-6-4-5-7-13(12)24-3/h4-7H,8-9H2,1-3H3,(H,19,22)(H,20,21,23). The van der Waals surface area contributed by atoms with E-state index in [4.69, 9.17) is 4.74 Å². The van der Waals surface area contributed by atoms with E-state index in [1.165, 1.54) is 23.1 Å². The molecule has 0 aliphatic heterocycles. The molecule has 136 valence electrons. The van der Waals surface area contributed by atoms with Crippen LogP contribution in [0.25, 0.3) is 10.2 Å². The second-order valence-electron chi connectivity index (χ2n) is 5.72. The predicted molar refractivity (Wildman–Crippen MR) is 108 cm³/mol. The first-order valence-corrected chi connectivity index (χ1v) is 9.96. The fourth-order valence-corrected chi connectivity index (χ4v) is 4.28. The van der Waals surface area contributed by atoms with Crippen LogP contribution in [-0.2, 0) is 10.5 Å². The third kappa shape index (κ3) is 3.91. The fraction of sp³-hybridized carbons (Fsp3) is 0.278. The fourth-order valence-electron chi connectivity index (χ4n) is 2.54. The van der Waals surface area contributed by atoms with Crippen molar-refractivity contribution in [3.8, 4) is 5.75 Å². The third-order valence-corrected chi connectivity index (χ3v) is 5.99. The predicted octanol–water partition coefficient (Wildman–Crippen LogP) is 3.48. The van der Waals surface area contributed by atoms with Crippen molar-refractivity contribution in [2.24, 2.45) is 0 Å². The lowest BCUT2D eigenvalue weighted by atomic mass is 10.2. The molecule has 0 unspecified atom stereocenters. The molecule has 2 N–H and O–H groups in total. The number of carbonyl (C=O) groups excluding carboxylic acids is 1. The number of hydrogen-bond donors (Lipinski definition) is 2. The zero-order valence-electron chi connectivity index (χ0n) is 14.7. The highest BCUT2D eigenvalue weighted by atomic mass is 32.2. The van der Waals surface area contributed by atoms with Crippen LogP contribution in [0.15, 0.2) is 29.1 Å². The van der Waals surface area contributed by atoms with E-state index in [0.717, 1.165) is 15.3 Å². The normalized spacial score (nSPS) is 10.9. The zero-order chi connectivity index (χ0) is 18.7. The van der Waals surface area contributed by atoms with Gasteiger partial charge in [0.25, 0.3) is 5.56 Å². The Hall–Kier alpha value is -2.32. The number of thiophene rings is 1. The van der Waals surface area contributed by atoms with E-state index in [-0.39, 0.29) is 17.2 Å². The van der Waals surface area contributed by atoms with Gasteiger partial charge in [0.1, 0.15) is 16.4 Å². The van der Waals surface area contributed by atoms with Crippen LogP contribution in [0.1, 0.15) is 16.3 Å². The lowest BCUT2D eigenvalue weighted by Gasteiger charge is -2.09. The molecule has 3 rings (SSSR count). The van der Waals surface area contributed by atoms with Crippen LogP contribution in [0, 0.1) is 13.8 Å². The number of nitrogens with one attached hydrogen (secondary N) is 2. The molecule has 0 spiro atoms.